The van der Waals surface area contributed by atoms with Gasteiger partial charge in [-0.2, -0.15) is 13.2 Å². The number of carbonyl (C=O) groups is 7. The van der Waals surface area contributed by atoms with Gasteiger partial charge in [0.25, 0.3) is 5.91 Å². The molecular weight excluding hydrogens is 772 g/mol. The number of nitrogens with zero attached hydrogens (tertiary/aromatic N) is 2. The maximum atomic E-state index is 13.4. The highest BCUT2D eigenvalue weighted by molar-refractivity contribution is 6.40. The topological polar surface area (TPSA) is 183 Å². The molecule has 1 aliphatic carbocycles. The second kappa shape index (κ2) is 22.4. The fourth-order valence-corrected chi connectivity index (χ4v) is 4.83. The van der Waals surface area contributed by atoms with E-state index in [2.05, 4.69) is 32.9 Å². The Labute approximate surface area is 329 Å². The number of benzene rings is 1. The lowest BCUT2D eigenvalue weighted by Gasteiger charge is -2.32. The molecule has 0 aromatic heterocycles. The summed E-state index contributed by atoms with van der Waals surface area (Å²) in [4.78, 5) is 91.7. The first-order chi connectivity index (χ1) is 25.5. The fourth-order valence-electron chi connectivity index (χ4n) is 4.83. The number of Topliss-reactive ketones (excluding diaryl/α,β-unsaturated/α-hetero) is 1. The fraction of sp³-hybridized carbons (Fsp3) is 0.639. The number of likely N-dealkylation sites (tertiary alicyclic amines) is 1. The van der Waals surface area contributed by atoms with Crippen LogP contribution in [0.4, 0.5) is 18.0 Å². The van der Waals surface area contributed by atoms with Gasteiger partial charge in [0.05, 0.1) is 17.9 Å². The van der Waals surface area contributed by atoms with E-state index in [9.17, 15) is 46.7 Å². The molecule has 2 fully saturated rings. The zero-order valence-electron chi connectivity index (χ0n) is 32.4. The van der Waals surface area contributed by atoms with Crippen molar-refractivity contribution in [1.29, 1.82) is 0 Å². The zero-order valence-corrected chi connectivity index (χ0v) is 33.9. The number of hydrogen-bond acceptors (Lipinski definition) is 8. The molecule has 1 saturated heterocycles. The number of rotatable bonds is 13. The normalized spacial score (nSPS) is 16.8. The van der Waals surface area contributed by atoms with Crippen LogP contribution in [-0.2, 0) is 33.5 Å². The molecular formula is C36H53Cl2F3N6O8. The Morgan fingerprint density at radius 1 is 0.927 bits per heavy atom. The van der Waals surface area contributed by atoms with Crippen LogP contribution in [-0.4, -0.2) is 114 Å². The van der Waals surface area contributed by atoms with Gasteiger partial charge in [0.2, 0.25) is 35.0 Å². The lowest BCUT2D eigenvalue weighted by Crippen LogP contribution is -2.57. The van der Waals surface area contributed by atoms with Crippen molar-refractivity contribution in [3.63, 3.8) is 0 Å². The molecule has 310 valence electrons. The van der Waals surface area contributed by atoms with Crippen LogP contribution >= 0.6 is 23.2 Å². The summed E-state index contributed by atoms with van der Waals surface area (Å²) in [7, 11) is 3.03. The van der Waals surface area contributed by atoms with Gasteiger partial charge >= 0.3 is 12.3 Å². The summed E-state index contributed by atoms with van der Waals surface area (Å²) in [6.07, 6.45) is -2.81. The number of ether oxygens (including phenoxy) is 1. The Morgan fingerprint density at radius 2 is 1.47 bits per heavy atom. The van der Waals surface area contributed by atoms with E-state index in [-0.39, 0.29) is 18.3 Å². The van der Waals surface area contributed by atoms with E-state index in [1.807, 2.05) is 0 Å². The van der Waals surface area contributed by atoms with Crippen molar-refractivity contribution < 1.29 is 51.5 Å². The highest BCUT2D eigenvalue weighted by atomic mass is 35.5. The summed E-state index contributed by atoms with van der Waals surface area (Å²) in [5.41, 5.74) is -2.32. The summed E-state index contributed by atoms with van der Waals surface area (Å²) in [5, 5.41) is 9.43. The third kappa shape index (κ3) is 16.3. The molecule has 6 amide bonds. The van der Waals surface area contributed by atoms with Gasteiger partial charge in [-0.15, -0.1) is 23.2 Å². The molecule has 19 heteroatoms. The number of nitrogens with one attached hydrogen (secondary N) is 4. The molecule has 55 heavy (non-hydrogen) atoms. The minimum absolute atomic E-state index is 0.0864. The molecule has 1 aromatic carbocycles. The first-order valence-corrected chi connectivity index (χ1v) is 18.7. The molecule has 0 bridgehead atoms. The number of alkyl carbamates (subject to hydrolysis) is 1. The summed E-state index contributed by atoms with van der Waals surface area (Å²) in [6, 6.07) is 3.55. The molecule has 4 N–H and O–H groups in total. The Bertz CT molecular complexity index is 1480. The number of carbonyl (C=O) groups excluding carboxylic acids is 7. The number of hydrogen-bond donors (Lipinski definition) is 4. The van der Waals surface area contributed by atoms with E-state index in [0.717, 1.165) is 10.8 Å². The first kappa shape index (κ1) is 48.9. The van der Waals surface area contributed by atoms with Crippen LogP contribution < -0.4 is 21.3 Å². The molecule has 4 atom stereocenters. The van der Waals surface area contributed by atoms with E-state index in [1.165, 1.54) is 38.8 Å². The minimum Gasteiger partial charge on any atom is -0.434 e. The number of halogens is 5. The number of ketones is 1. The van der Waals surface area contributed by atoms with Gasteiger partial charge in [-0.3, -0.25) is 28.8 Å². The zero-order chi connectivity index (χ0) is 42.3. The lowest BCUT2D eigenvalue weighted by molar-refractivity contribution is -0.244. The molecule has 0 spiro atoms. The summed E-state index contributed by atoms with van der Waals surface area (Å²) >= 11 is 9.53. The van der Waals surface area contributed by atoms with Crippen LogP contribution in [0.3, 0.4) is 0 Å². The average molecular weight is 826 g/mol. The Kier molecular flexibility index (Phi) is 19.9. The van der Waals surface area contributed by atoms with Crippen LogP contribution in [0.2, 0.25) is 0 Å². The van der Waals surface area contributed by atoms with Crippen LogP contribution in [0.25, 0.3) is 0 Å². The lowest BCUT2D eigenvalue weighted by atomic mass is 10.0. The first-order valence-electron chi connectivity index (χ1n) is 17.6. The van der Waals surface area contributed by atoms with Crippen LogP contribution in [0.1, 0.15) is 78.8 Å². The smallest absolute Gasteiger partial charge is 0.427 e. The molecule has 1 aromatic rings. The van der Waals surface area contributed by atoms with Crippen molar-refractivity contribution >= 4 is 64.6 Å². The van der Waals surface area contributed by atoms with Gasteiger partial charge in [0.15, 0.2) is 0 Å². The quantitative estimate of drug-likeness (QED) is 0.170. The van der Waals surface area contributed by atoms with Crippen LogP contribution in [0, 0.1) is 11.8 Å². The van der Waals surface area contributed by atoms with Crippen LogP contribution in [0.15, 0.2) is 30.3 Å². The maximum absolute atomic E-state index is 13.4. The molecule has 2 aliphatic rings. The monoisotopic (exact) mass is 824 g/mol. The van der Waals surface area contributed by atoms with Gasteiger partial charge in [0, 0.05) is 20.6 Å². The predicted octanol–water partition coefficient (Wildman–Crippen LogP) is 4.04. The van der Waals surface area contributed by atoms with Gasteiger partial charge in [-0.25, -0.2) is 4.79 Å². The Hall–Kier alpha value is -4.12. The third-order valence-corrected chi connectivity index (χ3v) is 8.45. The molecule has 1 aliphatic heterocycles. The van der Waals surface area contributed by atoms with E-state index >= 15 is 0 Å². The molecule has 14 nitrogen and oxygen atoms in total. The second-order valence-corrected chi connectivity index (χ2v) is 15.0. The van der Waals surface area contributed by atoms with E-state index in [4.69, 9.17) is 23.2 Å². The van der Waals surface area contributed by atoms with Crippen molar-refractivity contribution in [1.82, 2.24) is 31.1 Å². The van der Waals surface area contributed by atoms with Crippen molar-refractivity contribution in [3.05, 3.63) is 35.9 Å². The van der Waals surface area contributed by atoms with Gasteiger partial charge in [-0.05, 0) is 51.0 Å². The van der Waals surface area contributed by atoms with Gasteiger partial charge in [0.1, 0.15) is 18.1 Å². The summed E-state index contributed by atoms with van der Waals surface area (Å²) < 4.78 is 44.0. The van der Waals surface area contributed by atoms with Gasteiger partial charge in [-0.1, -0.05) is 63.9 Å². The maximum Gasteiger partial charge on any atom is 0.427 e. The van der Waals surface area contributed by atoms with E-state index in [0.29, 0.717) is 25.8 Å². The molecule has 1 heterocycles. The molecule has 4 unspecified atom stereocenters. The average Bonchev–Trinajstić information content (AvgIpc) is 3.72. The number of amides is 6. The van der Waals surface area contributed by atoms with Gasteiger partial charge < -0.3 is 35.8 Å². The Morgan fingerprint density at radius 3 is 1.95 bits per heavy atom. The number of likely N-dealkylation sites (N-methyl/N-ethyl adjacent to an activating group) is 1. The van der Waals surface area contributed by atoms with E-state index in [1.54, 1.807) is 44.2 Å². The van der Waals surface area contributed by atoms with Crippen molar-refractivity contribution in [3.8, 4) is 0 Å². The molecule has 3 rings (SSSR count). The summed E-state index contributed by atoms with van der Waals surface area (Å²) in [6.45, 7) is 7.36. The molecule has 1 saturated carbocycles. The van der Waals surface area contributed by atoms with E-state index < -0.39 is 89.8 Å². The van der Waals surface area contributed by atoms with Crippen molar-refractivity contribution in [2.75, 3.05) is 32.5 Å². The third-order valence-electron chi connectivity index (χ3n) is 8.45. The molecule has 0 radical (unpaired) electrons. The SMILES string of the molecule is CC(NC(=O)C1CCCN1C(=O)C(NC(=O)OC(C)(C)C(F)(F)F)C(C)C)C(=O)C(=O)NCC(=O)NC(C(=O)N(C)C)c1ccccc1.CC1CC1.ClCCl. The largest absolute Gasteiger partial charge is 0.434 e. The number of alkyl halides is 5. The Balaban J connectivity index is 0.00000196. The summed E-state index contributed by atoms with van der Waals surface area (Å²) in [5.74, 6) is -4.49. The predicted molar refractivity (Wildman–Crippen MR) is 200 cm³/mol. The van der Waals surface area contributed by atoms with Crippen LogP contribution in [0.5, 0.6) is 0 Å². The minimum atomic E-state index is -4.87. The van der Waals surface area contributed by atoms with Crippen molar-refractivity contribution in [2.45, 2.75) is 103 Å². The highest BCUT2D eigenvalue weighted by Crippen LogP contribution is 2.33. The second-order valence-electron chi connectivity index (χ2n) is 14.2. The standard InChI is InChI=1S/C31H43F3N6O8.C4H8.CH2Cl2/c1-17(2)22(38-29(47)48-30(4,5)31(32,33)34)28(46)40-15-11-14-20(40)25(43)36-18(3)24(42)26(44)35-16-21(41)37-23(27(45)39(6)7)19-12-9-8-10-13-19;1-4-2-3-4;2-1-3/h8-10,12-13,17-18,20,22-23H,11,14-16H2,1-7H3,(H,35,44)(H,36,43)(H,37,41)(H,38,47);4H,2-3H2,1H3;1H2. The highest BCUT2D eigenvalue weighted by Gasteiger charge is 2.51. The van der Waals surface area contributed by atoms with Crippen molar-refractivity contribution in [2.24, 2.45) is 11.8 Å².